The van der Waals surface area contributed by atoms with Crippen LogP contribution in [-0.2, 0) is 4.79 Å². The maximum atomic E-state index is 11.9. The lowest BCUT2D eigenvalue weighted by atomic mass is 9.97. The van der Waals surface area contributed by atoms with Gasteiger partial charge in [-0.1, -0.05) is 24.9 Å². The van der Waals surface area contributed by atoms with E-state index >= 15 is 0 Å². The molecule has 0 saturated carbocycles. The van der Waals surface area contributed by atoms with E-state index in [0.29, 0.717) is 28.0 Å². The Morgan fingerprint density at radius 3 is 2.65 bits per heavy atom. The zero-order valence-electron chi connectivity index (χ0n) is 11.2. The molecular weight excluding hydrogens is 348 g/mol. The largest absolute Gasteiger partial charge is 0.480 e. The number of benzene rings is 1. The number of hydrogen-bond acceptors (Lipinski definition) is 2. The van der Waals surface area contributed by atoms with E-state index in [1.165, 1.54) is 6.92 Å². The Hall–Kier alpha value is -1.27. The Bertz CT molecular complexity index is 524. The molecule has 0 fully saturated rings. The third-order valence-electron chi connectivity index (χ3n) is 2.79. The first-order chi connectivity index (χ1) is 9.28. The van der Waals surface area contributed by atoms with Crippen LogP contribution in [-0.4, -0.2) is 22.6 Å². The molecule has 1 rings (SSSR count). The summed E-state index contributed by atoms with van der Waals surface area (Å²) in [7, 11) is 0. The molecule has 1 aromatic carbocycles. The summed E-state index contributed by atoms with van der Waals surface area (Å²) in [6.45, 7) is 3.33. The summed E-state index contributed by atoms with van der Waals surface area (Å²) in [5, 5.41) is 14.7. The number of carboxylic acid groups (broad SMARTS) is 1. The molecule has 0 saturated heterocycles. The minimum Gasteiger partial charge on any atom is -0.480 e. The molecule has 0 bridgehead atoms. The second kappa shape index (κ2) is 6.95. The molecule has 2 amide bonds. The standard InChI is InChI=1S/C13H16BrClN2O3/c1-3-6-13(2,11(18)19)17-12(20)16-10-7-8(15)4-5-9(10)14/h4-5,7H,3,6H2,1-2H3,(H,18,19)(H2,16,17,20). The Morgan fingerprint density at radius 2 is 2.10 bits per heavy atom. The monoisotopic (exact) mass is 362 g/mol. The predicted octanol–water partition coefficient (Wildman–Crippen LogP) is 3.87. The maximum absolute atomic E-state index is 11.9. The second-order valence-electron chi connectivity index (χ2n) is 4.59. The summed E-state index contributed by atoms with van der Waals surface area (Å²) in [4.78, 5) is 23.2. The van der Waals surface area contributed by atoms with Gasteiger partial charge in [0.15, 0.2) is 0 Å². The van der Waals surface area contributed by atoms with Crippen LogP contribution in [0, 0.1) is 0 Å². The van der Waals surface area contributed by atoms with Gasteiger partial charge in [0, 0.05) is 9.50 Å². The molecule has 1 atom stereocenters. The minimum atomic E-state index is -1.30. The van der Waals surface area contributed by atoms with Crippen LogP contribution in [0.3, 0.4) is 0 Å². The van der Waals surface area contributed by atoms with E-state index < -0.39 is 17.5 Å². The molecule has 5 nitrogen and oxygen atoms in total. The lowest BCUT2D eigenvalue weighted by Crippen LogP contribution is -2.53. The van der Waals surface area contributed by atoms with Crippen molar-refractivity contribution < 1.29 is 14.7 Å². The van der Waals surface area contributed by atoms with Gasteiger partial charge in [0.05, 0.1) is 5.69 Å². The lowest BCUT2D eigenvalue weighted by molar-refractivity contribution is -0.143. The lowest BCUT2D eigenvalue weighted by Gasteiger charge is -2.26. The highest BCUT2D eigenvalue weighted by Gasteiger charge is 2.33. The van der Waals surface area contributed by atoms with Crippen LogP contribution in [0.5, 0.6) is 0 Å². The minimum absolute atomic E-state index is 0.340. The first-order valence-corrected chi connectivity index (χ1v) is 7.23. The summed E-state index contributed by atoms with van der Waals surface area (Å²) >= 11 is 9.13. The molecule has 20 heavy (non-hydrogen) atoms. The van der Waals surface area contributed by atoms with Gasteiger partial charge < -0.3 is 15.7 Å². The van der Waals surface area contributed by atoms with E-state index in [1.807, 2.05) is 6.92 Å². The number of amides is 2. The number of carboxylic acids is 1. The molecule has 0 spiro atoms. The third kappa shape index (κ3) is 4.38. The van der Waals surface area contributed by atoms with Gasteiger partial charge in [-0.05, 0) is 47.5 Å². The molecule has 0 aliphatic rings. The Morgan fingerprint density at radius 1 is 1.45 bits per heavy atom. The summed E-state index contributed by atoms with van der Waals surface area (Å²) in [6, 6.07) is 4.35. The molecule has 1 unspecified atom stereocenters. The average Bonchev–Trinajstić information content (AvgIpc) is 2.33. The topological polar surface area (TPSA) is 78.4 Å². The van der Waals surface area contributed by atoms with Crippen molar-refractivity contribution in [2.24, 2.45) is 0 Å². The van der Waals surface area contributed by atoms with Crippen LogP contribution < -0.4 is 10.6 Å². The van der Waals surface area contributed by atoms with Gasteiger partial charge in [0.2, 0.25) is 0 Å². The number of hydrogen-bond donors (Lipinski definition) is 3. The van der Waals surface area contributed by atoms with Gasteiger partial charge in [0.25, 0.3) is 0 Å². The Kier molecular flexibility index (Phi) is 5.83. The molecule has 0 heterocycles. The van der Waals surface area contributed by atoms with Gasteiger partial charge in [0.1, 0.15) is 5.54 Å². The van der Waals surface area contributed by atoms with Crippen LogP contribution >= 0.6 is 27.5 Å². The molecule has 7 heteroatoms. The quantitative estimate of drug-likeness (QED) is 0.743. The third-order valence-corrected chi connectivity index (χ3v) is 3.71. The van der Waals surface area contributed by atoms with Crippen molar-refractivity contribution in [1.82, 2.24) is 5.32 Å². The zero-order valence-corrected chi connectivity index (χ0v) is 13.5. The number of halogens is 2. The highest BCUT2D eigenvalue weighted by Crippen LogP contribution is 2.26. The Balaban J connectivity index is 2.81. The van der Waals surface area contributed by atoms with Crippen molar-refractivity contribution in [2.75, 3.05) is 5.32 Å². The second-order valence-corrected chi connectivity index (χ2v) is 5.88. The van der Waals surface area contributed by atoms with Crippen molar-refractivity contribution in [3.63, 3.8) is 0 Å². The fourth-order valence-corrected chi connectivity index (χ4v) is 2.24. The number of rotatable bonds is 5. The van der Waals surface area contributed by atoms with Crippen LogP contribution in [0.1, 0.15) is 26.7 Å². The molecule has 1 aromatic rings. The number of carbonyl (C=O) groups excluding carboxylic acids is 1. The summed E-state index contributed by atoms with van der Waals surface area (Å²) < 4.78 is 0.657. The van der Waals surface area contributed by atoms with E-state index in [2.05, 4.69) is 26.6 Å². The number of nitrogens with one attached hydrogen (secondary N) is 2. The highest BCUT2D eigenvalue weighted by atomic mass is 79.9. The molecule has 0 aliphatic heterocycles. The van der Waals surface area contributed by atoms with Crippen LogP contribution in [0.25, 0.3) is 0 Å². The molecule has 0 aromatic heterocycles. The molecule has 110 valence electrons. The van der Waals surface area contributed by atoms with Crippen LogP contribution in [0.15, 0.2) is 22.7 Å². The highest BCUT2D eigenvalue weighted by molar-refractivity contribution is 9.10. The van der Waals surface area contributed by atoms with E-state index in [4.69, 9.17) is 11.6 Å². The van der Waals surface area contributed by atoms with E-state index in [1.54, 1.807) is 18.2 Å². The maximum Gasteiger partial charge on any atom is 0.329 e. The van der Waals surface area contributed by atoms with Gasteiger partial charge in [-0.2, -0.15) is 0 Å². The molecule has 3 N–H and O–H groups in total. The van der Waals surface area contributed by atoms with Crippen molar-refractivity contribution in [2.45, 2.75) is 32.2 Å². The van der Waals surface area contributed by atoms with Gasteiger partial charge in [-0.3, -0.25) is 0 Å². The number of urea groups is 1. The molecular formula is C13H16BrClN2O3. The summed E-state index contributed by atoms with van der Waals surface area (Å²) in [6.07, 6.45) is 0.983. The molecule has 0 radical (unpaired) electrons. The first-order valence-electron chi connectivity index (χ1n) is 6.06. The van der Waals surface area contributed by atoms with Gasteiger partial charge in [-0.25, -0.2) is 9.59 Å². The van der Waals surface area contributed by atoms with Gasteiger partial charge in [-0.15, -0.1) is 0 Å². The van der Waals surface area contributed by atoms with Crippen molar-refractivity contribution in [3.05, 3.63) is 27.7 Å². The van der Waals surface area contributed by atoms with Crippen LogP contribution in [0.2, 0.25) is 5.02 Å². The smallest absolute Gasteiger partial charge is 0.329 e. The number of carbonyl (C=O) groups is 2. The van der Waals surface area contributed by atoms with Crippen molar-refractivity contribution >= 4 is 45.2 Å². The SMILES string of the molecule is CCCC(C)(NC(=O)Nc1cc(Cl)ccc1Br)C(=O)O. The van der Waals surface area contributed by atoms with E-state index in [9.17, 15) is 14.7 Å². The van der Waals surface area contributed by atoms with E-state index in [0.717, 1.165) is 0 Å². The first kappa shape index (κ1) is 16.8. The normalized spacial score (nSPS) is 13.4. The summed E-state index contributed by atoms with van der Waals surface area (Å²) in [5.41, 5.74) is -0.830. The Labute approximate surface area is 130 Å². The predicted molar refractivity (Wildman–Crippen MR) is 82.3 cm³/mol. The fourth-order valence-electron chi connectivity index (χ4n) is 1.72. The van der Waals surface area contributed by atoms with Crippen LogP contribution in [0.4, 0.5) is 10.5 Å². The van der Waals surface area contributed by atoms with Gasteiger partial charge >= 0.3 is 12.0 Å². The average molecular weight is 364 g/mol. The molecule has 0 aliphatic carbocycles. The zero-order chi connectivity index (χ0) is 15.3. The van der Waals surface area contributed by atoms with E-state index in [-0.39, 0.29) is 0 Å². The number of anilines is 1. The summed E-state index contributed by atoms with van der Waals surface area (Å²) in [5.74, 6) is -1.07. The fraction of sp³-hybridized carbons (Fsp3) is 0.385. The number of aliphatic carboxylic acids is 1. The van der Waals surface area contributed by atoms with Crippen molar-refractivity contribution in [3.8, 4) is 0 Å². The van der Waals surface area contributed by atoms with Crippen molar-refractivity contribution in [1.29, 1.82) is 0 Å².